The molecule has 0 unspecified atom stereocenters. The van der Waals surface area contributed by atoms with Gasteiger partial charge in [-0.2, -0.15) is 0 Å². The van der Waals surface area contributed by atoms with Crippen molar-refractivity contribution < 1.29 is 28.2 Å². The van der Waals surface area contributed by atoms with Crippen LogP contribution in [0.5, 0.6) is 0 Å². The summed E-state index contributed by atoms with van der Waals surface area (Å²) in [6.45, 7) is 4.73. The van der Waals surface area contributed by atoms with Crippen molar-refractivity contribution in [3.8, 4) is 0 Å². The van der Waals surface area contributed by atoms with Gasteiger partial charge in [0.2, 0.25) is 11.2 Å². The van der Waals surface area contributed by atoms with Gasteiger partial charge in [-0.3, -0.25) is 9.15 Å². The molecule has 1 aromatic heterocycles. The number of ether oxygens (including phenoxy) is 2. The lowest BCUT2D eigenvalue weighted by Crippen LogP contribution is -2.11. The topological polar surface area (TPSA) is 78.9 Å². The number of benzene rings is 1. The monoisotopic (exact) mass is 308 g/mol. The van der Waals surface area contributed by atoms with Gasteiger partial charge in [-0.05, 0) is 25.0 Å². The molecule has 0 bridgehead atoms. The van der Waals surface area contributed by atoms with Crippen LogP contribution in [0.3, 0.4) is 0 Å². The third-order valence-corrected chi connectivity index (χ3v) is 3.22. The van der Waals surface area contributed by atoms with Crippen LogP contribution in [0.2, 0.25) is 0 Å². The number of carbonyl (C=O) groups is 2. The van der Waals surface area contributed by atoms with Crippen molar-refractivity contribution in [2.75, 3.05) is 13.2 Å². The number of hydrogen-bond acceptors (Lipinski definition) is 6. The van der Waals surface area contributed by atoms with Crippen molar-refractivity contribution in [3.05, 3.63) is 23.3 Å². The molecular formula is C16H20O6. The molecular weight excluding hydrogens is 288 g/mol. The smallest absolute Gasteiger partial charge is 0.342 e. The highest BCUT2D eigenvalue weighted by molar-refractivity contribution is 6.08. The summed E-state index contributed by atoms with van der Waals surface area (Å²) >= 11 is 0. The number of rotatable bonds is 8. The number of unbranched alkanes of at least 4 members (excludes halogenated alkanes) is 2. The molecule has 0 aliphatic heterocycles. The first-order chi connectivity index (χ1) is 10.7. The Morgan fingerprint density at radius 1 is 0.864 bits per heavy atom. The highest BCUT2D eigenvalue weighted by atomic mass is 17.0. The number of esters is 2. The lowest BCUT2D eigenvalue weighted by atomic mass is 10.1. The number of hydrogen-bond donors (Lipinski definition) is 0. The zero-order valence-corrected chi connectivity index (χ0v) is 12.8. The van der Waals surface area contributed by atoms with Crippen LogP contribution in [0.15, 0.2) is 21.3 Å². The molecule has 1 aromatic carbocycles. The number of carbonyl (C=O) groups excluding carboxylic acids is 2. The zero-order valence-electron chi connectivity index (χ0n) is 12.8. The maximum absolute atomic E-state index is 11.9. The van der Waals surface area contributed by atoms with E-state index in [0.717, 1.165) is 25.7 Å². The molecule has 0 spiro atoms. The molecule has 1 heterocycles. The molecule has 22 heavy (non-hydrogen) atoms. The van der Waals surface area contributed by atoms with Crippen LogP contribution >= 0.6 is 0 Å². The van der Waals surface area contributed by atoms with Crippen molar-refractivity contribution in [1.29, 1.82) is 0 Å². The van der Waals surface area contributed by atoms with E-state index in [4.69, 9.17) is 18.6 Å². The Hall–Kier alpha value is -2.24. The highest BCUT2D eigenvalue weighted by Crippen LogP contribution is 2.28. The average molecular weight is 308 g/mol. The van der Waals surface area contributed by atoms with Crippen molar-refractivity contribution in [3.63, 3.8) is 0 Å². The quantitative estimate of drug-likeness (QED) is 0.417. The second-order valence-corrected chi connectivity index (χ2v) is 4.96. The van der Waals surface area contributed by atoms with Gasteiger partial charge in [0.15, 0.2) is 0 Å². The molecule has 0 radical (unpaired) electrons. The van der Waals surface area contributed by atoms with E-state index in [1.165, 1.54) is 12.1 Å². The Labute approximate surface area is 128 Å². The Morgan fingerprint density at radius 2 is 1.27 bits per heavy atom. The van der Waals surface area contributed by atoms with Crippen LogP contribution in [0.4, 0.5) is 0 Å². The molecule has 120 valence electrons. The molecule has 0 saturated heterocycles. The van der Waals surface area contributed by atoms with Gasteiger partial charge in [-0.25, -0.2) is 9.59 Å². The van der Waals surface area contributed by atoms with E-state index in [2.05, 4.69) is 0 Å². The second kappa shape index (κ2) is 7.68. The first-order valence-electron chi connectivity index (χ1n) is 7.54. The molecule has 6 nitrogen and oxygen atoms in total. The van der Waals surface area contributed by atoms with Crippen LogP contribution in [0.1, 0.15) is 60.2 Å². The average Bonchev–Trinajstić information content (AvgIpc) is 2.48. The lowest BCUT2D eigenvalue weighted by Gasteiger charge is -2.10. The van der Waals surface area contributed by atoms with Gasteiger partial charge in [0.05, 0.1) is 13.2 Å². The molecule has 2 aromatic rings. The predicted octanol–water partition coefficient (Wildman–Crippen LogP) is 3.94. The molecule has 0 atom stereocenters. The summed E-state index contributed by atoms with van der Waals surface area (Å²) in [7, 11) is 0. The molecule has 0 fully saturated rings. The Balaban J connectivity index is 2.10. The SMILES string of the molecule is CCCCOC(=O)c1ccc(C(=O)OCCCC)c2ooc12. The van der Waals surface area contributed by atoms with Gasteiger partial charge in [0.1, 0.15) is 11.1 Å². The van der Waals surface area contributed by atoms with Crippen LogP contribution in [0, 0.1) is 0 Å². The van der Waals surface area contributed by atoms with Crippen LogP contribution in [0.25, 0.3) is 11.2 Å². The molecule has 0 saturated carbocycles. The van der Waals surface area contributed by atoms with Gasteiger partial charge in [0, 0.05) is 0 Å². The minimum Gasteiger partial charge on any atom is -0.462 e. The van der Waals surface area contributed by atoms with Crippen molar-refractivity contribution >= 4 is 23.1 Å². The normalized spacial score (nSPS) is 10.8. The van der Waals surface area contributed by atoms with Crippen LogP contribution in [-0.4, -0.2) is 25.2 Å². The van der Waals surface area contributed by atoms with Gasteiger partial charge in [-0.15, -0.1) is 0 Å². The van der Waals surface area contributed by atoms with E-state index >= 15 is 0 Å². The summed E-state index contributed by atoms with van der Waals surface area (Å²) < 4.78 is 19.9. The van der Waals surface area contributed by atoms with Crippen molar-refractivity contribution in [2.24, 2.45) is 0 Å². The maximum Gasteiger partial charge on any atom is 0.342 e. The molecule has 0 aliphatic carbocycles. The fourth-order valence-corrected chi connectivity index (χ4v) is 1.87. The summed E-state index contributed by atoms with van der Waals surface area (Å²) in [6.07, 6.45) is 3.47. The predicted molar refractivity (Wildman–Crippen MR) is 78.9 cm³/mol. The second-order valence-electron chi connectivity index (χ2n) is 4.96. The third kappa shape index (κ3) is 3.50. The Morgan fingerprint density at radius 3 is 1.59 bits per heavy atom. The van der Waals surface area contributed by atoms with Crippen molar-refractivity contribution in [2.45, 2.75) is 39.5 Å². The van der Waals surface area contributed by atoms with E-state index in [0.29, 0.717) is 13.2 Å². The summed E-state index contributed by atoms with van der Waals surface area (Å²) in [6, 6.07) is 2.98. The molecule has 0 amide bonds. The van der Waals surface area contributed by atoms with E-state index < -0.39 is 11.9 Å². The summed E-state index contributed by atoms with van der Waals surface area (Å²) in [5.74, 6) is -0.974. The molecule has 6 heteroatoms. The number of fused-ring (bicyclic) bond motifs is 1. The highest BCUT2D eigenvalue weighted by Gasteiger charge is 2.25. The summed E-state index contributed by atoms with van der Waals surface area (Å²) in [5.41, 5.74) is 0.961. The van der Waals surface area contributed by atoms with E-state index in [1.54, 1.807) is 0 Å². The summed E-state index contributed by atoms with van der Waals surface area (Å²) in [5, 5.41) is 0. The van der Waals surface area contributed by atoms with Gasteiger partial charge in [0.25, 0.3) is 0 Å². The van der Waals surface area contributed by atoms with Gasteiger partial charge in [-0.1, -0.05) is 26.7 Å². The zero-order chi connectivity index (χ0) is 15.9. The largest absolute Gasteiger partial charge is 0.462 e. The van der Waals surface area contributed by atoms with Gasteiger partial charge < -0.3 is 9.47 Å². The van der Waals surface area contributed by atoms with Crippen LogP contribution < -0.4 is 0 Å². The lowest BCUT2D eigenvalue weighted by molar-refractivity contribution is 0.0398. The van der Waals surface area contributed by atoms with Gasteiger partial charge >= 0.3 is 11.9 Å². The van der Waals surface area contributed by atoms with Crippen molar-refractivity contribution in [1.82, 2.24) is 0 Å². The Bertz CT molecular complexity index is 581. The minimum atomic E-state index is -0.487. The maximum atomic E-state index is 11.9. The standard InChI is InChI=1S/C16H20O6/c1-3-5-9-19-15(17)11-7-8-12(14-13(11)21-22-14)16(18)20-10-6-4-2/h7-8H,3-6,9-10H2,1-2H3. The first kappa shape index (κ1) is 16.1. The fraction of sp³-hybridized carbons (Fsp3) is 0.500. The fourth-order valence-electron chi connectivity index (χ4n) is 1.87. The van der Waals surface area contributed by atoms with E-state index in [9.17, 15) is 9.59 Å². The van der Waals surface area contributed by atoms with E-state index in [1.807, 2.05) is 13.8 Å². The first-order valence-corrected chi connectivity index (χ1v) is 7.54. The molecule has 2 rings (SSSR count). The van der Waals surface area contributed by atoms with Crippen LogP contribution in [-0.2, 0) is 9.47 Å². The Kier molecular flexibility index (Phi) is 5.63. The molecule has 0 aliphatic rings. The third-order valence-electron chi connectivity index (χ3n) is 3.22. The summed E-state index contributed by atoms with van der Waals surface area (Å²) in [4.78, 5) is 23.9. The van der Waals surface area contributed by atoms with E-state index in [-0.39, 0.29) is 22.3 Å². The molecule has 0 N–H and O–H groups in total. The minimum absolute atomic E-state index is 0.228.